The number of hydrogen-bond donors (Lipinski definition) is 2. The fourth-order valence-corrected chi connectivity index (χ4v) is 3.27. The van der Waals surface area contributed by atoms with Crippen molar-refractivity contribution >= 4 is 11.7 Å². The van der Waals surface area contributed by atoms with Gasteiger partial charge in [0.15, 0.2) is 0 Å². The van der Waals surface area contributed by atoms with E-state index in [0.29, 0.717) is 18.0 Å². The number of urea groups is 1. The van der Waals surface area contributed by atoms with E-state index in [9.17, 15) is 4.79 Å². The predicted molar refractivity (Wildman–Crippen MR) is 105 cm³/mol. The van der Waals surface area contributed by atoms with E-state index in [-0.39, 0.29) is 12.1 Å². The molecule has 0 bridgehead atoms. The van der Waals surface area contributed by atoms with Crippen LogP contribution < -0.4 is 15.4 Å². The van der Waals surface area contributed by atoms with E-state index in [1.54, 1.807) is 0 Å². The number of rotatable bonds is 6. The van der Waals surface area contributed by atoms with Crippen molar-refractivity contribution in [2.75, 3.05) is 25.0 Å². The zero-order chi connectivity index (χ0) is 18.2. The van der Waals surface area contributed by atoms with Gasteiger partial charge >= 0.3 is 6.03 Å². The Hall–Kier alpha value is -2.53. The summed E-state index contributed by atoms with van der Waals surface area (Å²) in [5, 5.41) is 5.99. The molecule has 1 heterocycles. The zero-order valence-corrected chi connectivity index (χ0v) is 15.3. The highest BCUT2D eigenvalue weighted by Crippen LogP contribution is 2.23. The summed E-state index contributed by atoms with van der Waals surface area (Å²) in [5.41, 5.74) is 2.04. The molecule has 0 aliphatic carbocycles. The molecule has 5 heteroatoms. The van der Waals surface area contributed by atoms with Gasteiger partial charge < -0.3 is 15.4 Å². The number of benzene rings is 2. The van der Waals surface area contributed by atoms with Gasteiger partial charge in [0.05, 0.1) is 12.3 Å². The molecule has 0 saturated carbocycles. The second-order valence-electron chi connectivity index (χ2n) is 6.56. The van der Waals surface area contributed by atoms with Gasteiger partial charge in [0.25, 0.3) is 0 Å². The van der Waals surface area contributed by atoms with Crippen molar-refractivity contribution in [2.45, 2.75) is 32.4 Å². The first-order valence-electron chi connectivity index (χ1n) is 9.30. The van der Waals surface area contributed by atoms with Crippen LogP contribution in [0.15, 0.2) is 54.6 Å². The molecule has 1 fully saturated rings. The monoisotopic (exact) mass is 353 g/mol. The van der Waals surface area contributed by atoms with E-state index < -0.39 is 0 Å². The lowest BCUT2D eigenvalue weighted by molar-refractivity contribution is 0.190. The highest BCUT2D eigenvalue weighted by Gasteiger charge is 2.21. The van der Waals surface area contributed by atoms with Crippen LogP contribution in [-0.4, -0.2) is 36.7 Å². The van der Waals surface area contributed by atoms with Gasteiger partial charge in [-0.1, -0.05) is 42.5 Å². The summed E-state index contributed by atoms with van der Waals surface area (Å²) in [6, 6.07) is 18.1. The Kier molecular flexibility index (Phi) is 6.50. The van der Waals surface area contributed by atoms with Gasteiger partial charge in [-0.15, -0.1) is 0 Å². The number of hydrogen-bond acceptors (Lipinski definition) is 3. The number of ether oxygens (including phenoxy) is 1. The number of piperidine rings is 1. The Balaban J connectivity index is 1.45. The second kappa shape index (κ2) is 9.25. The van der Waals surface area contributed by atoms with Crippen LogP contribution in [0.2, 0.25) is 0 Å². The summed E-state index contributed by atoms with van der Waals surface area (Å²) in [5.74, 6) is 0.697. The third-order valence-corrected chi connectivity index (χ3v) is 4.61. The summed E-state index contributed by atoms with van der Waals surface area (Å²) >= 11 is 0. The topological polar surface area (TPSA) is 53.6 Å². The Bertz CT molecular complexity index is 697. The second-order valence-corrected chi connectivity index (χ2v) is 6.56. The average molecular weight is 353 g/mol. The van der Waals surface area contributed by atoms with Crippen LogP contribution in [0.5, 0.6) is 5.75 Å². The van der Waals surface area contributed by atoms with Crippen LogP contribution in [0.4, 0.5) is 10.5 Å². The quantitative estimate of drug-likeness (QED) is 0.829. The van der Waals surface area contributed by atoms with Crippen molar-refractivity contribution in [1.82, 2.24) is 10.2 Å². The van der Waals surface area contributed by atoms with Crippen LogP contribution in [0.3, 0.4) is 0 Å². The van der Waals surface area contributed by atoms with E-state index >= 15 is 0 Å². The minimum absolute atomic E-state index is 0.168. The molecule has 138 valence electrons. The van der Waals surface area contributed by atoms with Gasteiger partial charge in [0.2, 0.25) is 0 Å². The standard InChI is InChI=1S/C21H27N3O2/c1-2-26-20-11-7-6-10-19(20)23-21(25)22-18-12-14-24(15-13-18)16-17-8-4-3-5-9-17/h3-11,18H,2,12-16H2,1H3,(H2,22,23,25). The molecule has 1 aliphatic rings. The third-order valence-electron chi connectivity index (χ3n) is 4.61. The molecule has 3 rings (SSSR count). The first kappa shape index (κ1) is 18.3. The number of carbonyl (C=O) groups excluding carboxylic acids is 1. The summed E-state index contributed by atoms with van der Waals surface area (Å²) in [7, 11) is 0. The molecule has 2 aromatic carbocycles. The van der Waals surface area contributed by atoms with E-state index in [4.69, 9.17) is 4.74 Å². The number of nitrogens with zero attached hydrogens (tertiary/aromatic N) is 1. The minimum atomic E-state index is -0.168. The molecule has 2 amide bonds. The molecule has 2 N–H and O–H groups in total. The van der Waals surface area contributed by atoms with Crippen LogP contribution in [-0.2, 0) is 6.54 Å². The summed E-state index contributed by atoms with van der Waals surface area (Å²) in [6.45, 7) is 5.46. The molecule has 26 heavy (non-hydrogen) atoms. The molecule has 0 spiro atoms. The third kappa shape index (κ3) is 5.23. The van der Waals surface area contributed by atoms with E-state index in [1.165, 1.54) is 5.56 Å². The Labute approximate surface area is 155 Å². The highest BCUT2D eigenvalue weighted by molar-refractivity contribution is 5.91. The summed E-state index contributed by atoms with van der Waals surface area (Å²) < 4.78 is 5.55. The van der Waals surface area contributed by atoms with Crippen molar-refractivity contribution in [2.24, 2.45) is 0 Å². The maximum absolute atomic E-state index is 12.3. The number of para-hydroxylation sites is 2. The number of carbonyl (C=O) groups is 1. The first-order valence-corrected chi connectivity index (χ1v) is 9.30. The lowest BCUT2D eigenvalue weighted by Gasteiger charge is -2.32. The SMILES string of the molecule is CCOc1ccccc1NC(=O)NC1CCN(Cc2ccccc2)CC1. The largest absolute Gasteiger partial charge is 0.492 e. The van der Waals surface area contributed by atoms with E-state index in [2.05, 4.69) is 39.8 Å². The Morgan fingerprint density at radius 2 is 1.77 bits per heavy atom. The highest BCUT2D eigenvalue weighted by atomic mass is 16.5. The molecule has 0 radical (unpaired) electrons. The number of amides is 2. The van der Waals surface area contributed by atoms with Gasteiger partial charge in [0.1, 0.15) is 5.75 Å². The predicted octanol–water partition coefficient (Wildman–Crippen LogP) is 3.87. The van der Waals surface area contributed by atoms with Crippen molar-refractivity contribution < 1.29 is 9.53 Å². The van der Waals surface area contributed by atoms with Crippen molar-refractivity contribution in [3.8, 4) is 5.75 Å². The van der Waals surface area contributed by atoms with Crippen LogP contribution >= 0.6 is 0 Å². The molecule has 5 nitrogen and oxygen atoms in total. The number of anilines is 1. The van der Waals surface area contributed by atoms with Crippen LogP contribution in [0.1, 0.15) is 25.3 Å². The fraction of sp³-hybridized carbons (Fsp3) is 0.381. The molecule has 1 aliphatic heterocycles. The minimum Gasteiger partial charge on any atom is -0.492 e. The maximum atomic E-state index is 12.3. The normalized spacial score (nSPS) is 15.4. The van der Waals surface area contributed by atoms with Crippen molar-refractivity contribution in [3.05, 3.63) is 60.2 Å². The molecule has 2 aromatic rings. The maximum Gasteiger partial charge on any atom is 0.319 e. The van der Waals surface area contributed by atoms with Gasteiger partial charge in [-0.25, -0.2) is 4.79 Å². The first-order chi connectivity index (χ1) is 12.7. The summed E-state index contributed by atoms with van der Waals surface area (Å²) in [6.07, 6.45) is 1.93. The van der Waals surface area contributed by atoms with Crippen LogP contribution in [0.25, 0.3) is 0 Å². The summed E-state index contributed by atoms with van der Waals surface area (Å²) in [4.78, 5) is 14.8. The smallest absolute Gasteiger partial charge is 0.319 e. The van der Waals surface area contributed by atoms with Crippen LogP contribution in [0, 0.1) is 0 Å². The van der Waals surface area contributed by atoms with E-state index in [0.717, 1.165) is 32.5 Å². The zero-order valence-electron chi connectivity index (χ0n) is 15.3. The number of nitrogens with one attached hydrogen (secondary N) is 2. The van der Waals surface area contributed by atoms with Gasteiger partial charge in [-0.2, -0.15) is 0 Å². The Morgan fingerprint density at radius 1 is 1.08 bits per heavy atom. The molecule has 0 atom stereocenters. The molecule has 0 aromatic heterocycles. The van der Waals surface area contributed by atoms with Gasteiger partial charge in [0, 0.05) is 25.7 Å². The molecular formula is C21H27N3O2. The lowest BCUT2D eigenvalue weighted by Crippen LogP contribution is -2.45. The lowest BCUT2D eigenvalue weighted by atomic mass is 10.0. The molecular weight excluding hydrogens is 326 g/mol. The average Bonchev–Trinajstić information content (AvgIpc) is 2.66. The fourth-order valence-electron chi connectivity index (χ4n) is 3.27. The molecule has 1 saturated heterocycles. The van der Waals surface area contributed by atoms with Gasteiger partial charge in [-0.05, 0) is 37.5 Å². The van der Waals surface area contributed by atoms with Crippen molar-refractivity contribution in [3.63, 3.8) is 0 Å². The van der Waals surface area contributed by atoms with Crippen molar-refractivity contribution in [1.29, 1.82) is 0 Å². The van der Waals surface area contributed by atoms with E-state index in [1.807, 2.05) is 37.3 Å². The Morgan fingerprint density at radius 3 is 2.50 bits per heavy atom. The molecule has 0 unspecified atom stereocenters. The van der Waals surface area contributed by atoms with Gasteiger partial charge in [-0.3, -0.25) is 4.90 Å². The number of likely N-dealkylation sites (tertiary alicyclic amines) is 1.